The second-order valence-corrected chi connectivity index (χ2v) is 6.90. The van der Waals surface area contributed by atoms with Crippen LogP contribution in [0.3, 0.4) is 0 Å². The highest BCUT2D eigenvalue weighted by molar-refractivity contribution is 5.94. The molecule has 1 aliphatic heterocycles. The highest BCUT2D eigenvalue weighted by Crippen LogP contribution is 2.31. The number of hydrogen-bond donors (Lipinski definition) is 0. The summed E-state index contributed by atoms with van der Waals surface area (Å²) in [5.41, 5.74) is 3.04. The van der Waals surface area contributed by atoms with Gasteiger partial charge in [-0.05, 0) is 57.7 Å². The zero-order valence-electron chi connectivity index (χ0n) is 13.6. The summed E-state index contributed by atoms with van der Waals surface area (Å²) in [7, 11) is 0. The van der Waals surface area contributed by atoms with Crippen LogP contribution in [-0.2, 0) is 16.1 Å². The van der Waals surface area contributed by atoms with E-state index in [2.05, 4.69) is 34.9 Å². The van der Waals surface area contributed by atoms with Crippen molar-refractivity contribution in [2.75, 3.05) is 0 Å². The number of carbonyl (C=O) groups excluding carboxylic acids is 1. The molecule has 2 aromatic rings. The van der Waals surface area contributed by atoms with Crippen LogP contribution in [0.1, 0.15) is 45.7 Å². The molecule has 3 nitrogen and oxygen atoms in total. The van der Waals surface area contributed by atoms with Crippen LogP contribution in [0, 0.1) is 0 Å². The van der Waals surface area contributed by atoms with Crippen molar-refractivity contribution in [1.29, 1.82) is 0 Å². The molecule has 0 saturated carbocycles. The molecular formula is C19H23NO2. The van der Waals surface area contributed by atoms with Crippen LogP contribution in [0.4, 0.5) is 0 Å². The van der Waals surface area contributed by atoms with Gasteiger partial charge in [0.05, 0.1) is 0 Å². The molecule has 116 valence electrons. The lowest BCUT2D eigenvalue weighted by Gasteiger charge is -2.18. The zero-order chi connectivity index (χ0) is 15.7. The third-order valence-electron chi connectivity index (χ3n) is 3.92. The third-order valence-corrected chi connectivity index (χ3v) is 3.92. The van der Waals surface area contributed by atoms with Gasteiger partial charge in [0.1, 0.15) is 5.60 Å². The average molecular weight is 297 g/mol. The van der Waals surface area contributed by atoms with E-state index in [9.17, 15) is 4.79 Å². The summed E-state index contributed by atoms with van der Waals surface area (Å²) in [6.07, 6.45) is 4.85. The highest BCUT2D eigenvalue weighted by atomic mass is 16.6. The normalized spacial score (nSPS) is 17.3. The van der Waals surface area contributed by atoms with E-state index in [1.807, 2.05) is 20.8 Å². The van der Waals surface area contributed by atoms with E-state index >= 15 is 0 Å². The predicted octanol–water partition coefficient (Wildman–Crippen LogP) is 4.55. The van der Waals surface area contributed by atoms with E-state index in [0.717, 1.165) is 37.1 Å². The number of ether oxygens (including phenoxy) is 1. The summed E-state index contributed by atoms with van der Waals surface area (Å²) in [5.74, 6) is -0.249. The number of nitrogens with zero attached hydrogens (tertiary/aromatic N) is 1. The summed E-state index contributed by atoms with van der Waals surface area (Å²) in [6, 6.07) is 10.6. The van der Waals surface area contributed by atoms with E-state index in [-0.39, 0.29) is 5.97 Å². The van der Waals surface area contributed by atoms with E-state index in [1.54, 1.807) is 6.08 Å². The van der Waals surface area contributed by atoms with Crippen LogP contribution >= 0.6 is 0 Å². The van der Waals surface area contributed by atoms with Gasteiger partial charge >= 0.3 is 5.97 Å². The molecule has 1 aromatic carbocycles. The van der Waals surface area contributed by atoms with E-state index in [0.29, 0.717) is 0 Å². The number of hydrogen-bond acceptors (Lipinski definition) is 2. The fraction of sp³-hybridized carbons (Fsp3) is 0.421. The second-order valence-electron chi connectivity index (χ2n) is 6.90. The molecule has 1 aliphatic rings. The molecule has 0 N–H and O–H groups in total. The Morgan fingerprint density at radius 1 is 1.23 bits per heavy atom. The van der Waals surface area contributed by atoms with Crippen LogP contribution in [0.15, 0.2) is 36.4 Å². The number of benzene rings is 1. The molecule has 0 atom stereocenters. The number of rotatable bonds is 1. The Labute approximate surface area is 131 Å². The fourth-order valence-electron chi connectivity index (χ4n) is 3.05. The van der Waals surface area contributed by atoms with E-state index < -0.39 is 5.60 Å². The Kier molecular flexibility index (Phi) is 3.81. The minimum atomic E-state index is -0.453. The first-order valence-corrected chi connectivity index (χ1v) is 7.96. The number of para-hydroxylation sites is 1. The lowest BCUT2D eigenvalue weighted by atomic mass is 10.1. The van der Waals surface area contributed by atoms with Gasteiger partial charge in [-0.15, -0.1) is 0 Å². The molecule has 0 bridgehead atoms. The Bertz CT molecular complexity index is 731. The van der Waals surface area contributed by atoms with Gasteiger partial charge in [0.2, 0.25) is 0 Å². The molecule has 0 radical (unpaired) electrons. The molecule has 0 amide bonds. The third kappa shape index (κ3) is 3.08. The van der Waals surface area contributed by atoms with Crippen LogP contribution in [0.25, 0.3) is 16.5 Å². The van der Waals surface area contributed by atoms with Gasteiger partial charge in [-0.2, -0.15) is 0 Å². The largest absolute Gasteiger partial charge is 0.457 e. The van der Waals surface area contributed by atoms with Crippen molar-refractivity contribution in [3.05, 3.63) is 42.1 Å². The maximum Gasteiger partial charge on any atom is 0.331 e. The van der Waals surface area contributed by atoms with Gasteiger partial charge < -0.3 is 9.30 Å². The maximum absolute atomic E-state index is 12.2. The molecule has 3 heteroatoms. The predicted molar refractivity (Wildman–Crippen MR) is 89.6 cm³/mol. The first kappa shape index (κ1) is 14.9. The van der Waals surface area contributed by atoms with Crippen molar-refractivity contribution in [2.24, 2.45) is 0 Å². The summed E-state index contributed by atoms with van der Waals surface area (Å²) in [5, 5.41) is 1.23. The fourth-order valence-corrected chi connectivity index (χ4v) is 3.05. The van der Waals surface area contributed by atoms with Gasteiger partial charge in [-0.25, -0.2) is 4.79 Å². The number of esters is 1. The van der Waals surface area contributed by atoms with Crippen molar-refractivity contribution in [3.63, 3.8) is 0 Å². The van der Waals surface area contributed by atoms with Crippen LogP contribution in [-0.4, -0.2) is 16.1 Å². The van der Waals surface area contributed by atoms with E-state index in [4.69, 9.17) is 4.74 Å². The molecule has 22 heavy (non-hydrogen) atoms. The summed E-state index contributed by atoms with van der Waals surface area (Å²) in [6.45, 7) is 6.70. The molecule has 0 fully saturated rings. The molecular weight excluding hydrogens is 274 g/mol. The van der Waals surface area contributed by atoms with Crippen molar-refractivity contribution in [3.8, 4) is 0 Å². The standard InChI is InChI=1S/C19H23NO2/c1-19(2,3)22-18(21)13-15-9-6-7-11-20-16-10-5-4-8-14(16)12-17(15)20/h4-5,8,10,12-13H,6-7,9,11H2,1-3H3/b15-13-. The lowest BCUT2D eigenvalue weighted by Crippen LogP contribution is -2.22. The summed E-state index contributed by atoms with van der Waals surface area (Å²) in [4.78, 5) is 12.2. The number of allylic oxidation sites excluding steroid dienone is 1. The monoisotopic (exact) mass is 297 g/mol. The first-order valence-electron chi connectivity index (χ1n) is 7.96. The quantitative estimate of drug-likeness (QED) is 0.571. The maximum atomic E-state index is 12.2. The Hall–Kier alpha value is -2.03. The van der Waals surface area contributed by atoms with Crippen molar-refractivity contribution in [1.82, 2.24) is 4.57 Å². The van der Waals surface area contributed by atoms with E-state index in [1.165, 1.54) is 10.9 Å². The van der Waals surface area contributed by atoms with Gasteiger partial charge in [0, 0.05) is 29.2 Å². The topological polar surface area (TPSA) is 31.2 Å². The molecule has 0 spiro atoms. The minimum absolute atomic E-state index is 0.249. The first-order chi connectivity index (χ1) is 10.4. The summed E-state index contributed by atoms with van der Waals surface area (Å²) < 4.78 is 7.78. The number of carbonyl (C=O) groups is 1. The van der Waals surface area contributed by atoms with Crippen LogP contribution in [0.2, 0.25) is 0 Å². The van der Waals surface area contributed by atoms with Crippen LogP contribution in [0.5, 0.6) is 0 Å². The Balaban J connectivity index is 2.02. The van der Waals surface area contributed by atoms with Crippen LogP contribution < -0.4 is 0 Å². The van der Waals surface area contributed by atoms with Gasteiger partial charge in [0.15, 0.2) is 0 Å². The minimum Gasteiger partial charge on any atom is -0.457 e. The number of aromatic nitrogens is 1. The molecule has 0 unspecified atom stereocenters. The molecule has 2 heterocycles. The van der Waals surface area contributed by atoms with Gasteiger partial charge in [0.25, 0.3) is 0 Å². The number of aryl methyl sites for hydroxylation is 1. The summed E-state index contributed by atoms with van der Waals surface area (Å²) >= 11 is 0. The smallest absolute Gasteiger partial charge is 0.331 e. The van der Waals surface area contributed by atoms with Crippen molar-refractivity contribution < 1.29 is 9.53 Å². The number of fused-ring (bicyclic) bond motifs is 3. The van der Waals surface area contributed by atoms with Crippen molar-refractivity contribution in [2.45, 2.75) is 52.2 Å². The molecule has 0 aliphatic carbocycles. The average Bonchev–Trinajstić information content (AvgIpc) is 2.68. The van der Waals surface area contributed by atoms with Crippen molar-refractivity contribution >= 4 is 22.4 Å². The molecule has 0 saturated heterocycles. The molecule has 1 aromatic heterocycles. The zero-order valence-corrected chi connectivity index (χ0v) is 13.6. The van der Waals surface area contributed by atoms with Gasteiger partial charge in [-0.3, -0.25) is 0 Å². The highest BCUT2D eigenvalue weighted by Gasteiger charge is 2.19. The lowest BCUT2D eigenvalue weighted by molar-refractivity contribution is -0.148. The second kappa shape index (κ2) is 5.64. The Morgan fingerprint density at radius 3 is 2.77 bits per heavy atom. The molecule has 3 rings (SSSR count). The SMILES string of the molecule is CC(C)(C)OC(=O)/C=C1/CCCCn2c1cc1ccccc12. The van der Waals surface area contributed by atoms with Gasteiger partial charge in [-0.1, -0.05) is 18.2 Å². The Morgan fingerprint density at radius 2 is 2.00 bits per heavy atom.